The maximum atomic E-state index is 12.5. The van der Waals surface area contributed by atoms with Gasteiger partial charge in [-0.2, -0.15) is 0 Å². The fourth-order valence-electron chi connectivity index (χ4n) is 3.75. The van der Waals surface area contributed by atoms with Crippen molar-refractivity contribution in [3.63, 3.8) is 0 Å². The van der Waals surface area contributed by atoms with E-state index in [0.717, 1.165) is 18.4 Å². The number of sulfone groups is 1. The molecule has 1 aromatic carbocycles. The van der Waals surface area contributed by atoms with Crippen LogP contribution < -0.4 is 5.32 Å². The van der Waals surface area contributed by atoms with Gasteiger partial charge >= 0.3 is 0 Å². The van der Waals surface area contributed by atoms with E-state index in [1.54, 1.807) is 6.92 Å². The first-order valence-corrected chi connectivity index (χ1v) is 11.9. The Morgan fingerprint density at radius 1 is 1.15 bits per heavy atom. The fraction of sp³-hybridized carbons (Fsp3) is 0.667. The Morgan fingerprint density at radius 2 is 1.81 bits per heavy atom. The van der Waals surface area contributed by atoms with Gasteiger partial charge in [0.25, 0.3) is 0 Å². The lowest BCUT2D eigenvalue weighted by molar-refractivity contribution is -0.123. The maximum absolute atomic E-state index is 12.5. The van der Waals surface area contributed by atoms with E-state index < -0.39 is 9.84 Å². The summed E-state index contributed by atoms with van der Waals surface area (Å²) >= 11 is 0. The molecule has 1 aliphatic carbocycles. The summed E-state index contributed by atoms with van der Waals surface area (Å²) in [5.41, 5.74) is 3.98. The smallest absolute Gasteiger partial charge is 0.234 e. The molecule has 0 spiro atoms. The van der Waals surface area contributed by atoms with Crippen LogP contribution in [-0.4, -0.2) is 49.9 Å². The minimum Gasteiger partial charge on any atom is -0.348 e. The number of carbonyl (C=O) groups excluding carboxylic acids is 1. The second-order valence-corrected chi connectivity index (χ2v) is 10.0. The standard InChI is InChI=1S/C21H34N2O3S/c1-5-23(16(3)15-27(25,26)6-2)14-21(24)22-17(4)19-12-11-18-9-7-8-10-20(18)13-19/h11-13,16-17H,5-10,14-15H2,1-4H3,(H,22,24). The van der Waals surface area contributed by atoms with Gasteiger partial charge in [0.15, 0.2) is 9.84 Å². The maximum Gasteiger partial charge on any atom is 0.234 e. The molecule has 6 heteroatoms. The first-order valence-electron chi connectivity index (χ1n) is 10.1. The zero-order chi connectivity index (χ0) is 20.0. The first kappa shape index (κ1) is 21.9. The summed E-state index contributed by atoms with van der Waals surface area (Å²) in [6.07, 6.45) is 4.77. The summed E-state index contributed by atoms with van der Waals surface area (Å²) in [7, 11) is -3.06. The predicted octanol–water partition coefficient (Wildman–Crippen LogP) is 2.89. The van der Waals surface area contributed by atoms with E-state index in [0.29, 0.717) is 6.54 Å². The Kier molecular flexibility index (Phi) is 7.86. The molecule has 0 heterocycles. The van der Waals surface area contributed by atoms with Crippen molar-refractivity contribution < 1.29 is 13.2 Å². The topological polar surface area (TPSA) is 66.5 Å². The molecule has 1 amide bonds. The van der Waals surface area contributed by atoms with Crippen LogP contribution in [0, 0.1) is 0 Å². The van der Waals surface area contributed by atoms with Gasteiger partial charge in [0.05, 0.1) is 18.3 Å². The minimum atomic E-state index is -3.06. The van der Waals surface area contributed by atoms with Crippen molar-refractivity contribution in [2.45, 2.75) is 65.5 Å². The number of aryl methyl sites for hydroxylation is 2. The molecular weight excluding hydrogens is 360 g/mol. The normalized spacial score (nSPS) is 16.6. The summed E-state index contributed by atoms with van der Waals surface area (Å²) < 4.78 is 23.7. The Labute approximate surface area is 164 Å². The lowest BCUT2D eigenvalue weighted by Gasteiger charge is -2.28. The van der Waals surface area contributed by atoms with Crippen molar-refractivity contribution in [3.8, 4) is 0 Å². The zero-order valence-electron chi connectivity index (χ0n) is 17.1. The fourth-order valence-corrected chi connectivity index (χ4v) is 4.93. The van der Waals surface area contributed by atoms with E-state index in [4.69, 9.17) is 0 Å². The van der Waals surface area contributed by atoms with Gasteiger partial charge in [-0.3, -0.25) is 9.69 Å². The number of fused-ring (bicyclic) bond motifs is 1. The first-order chi connectivity index (χ1) is 12.8. The van der Waals surface area contributed by atoms with E-state index in [2.05, 4.69) is 23.5 Å². The van der Waals surface area contributed by atoms with E-state index in [9.17, 15) is 13.2 Å². The highest BCUT2D eigenvalue weighted by Crippen LogP contribution is 2.24. The summed E-state index contributed by atoms with van der Waals surface area (Å²) in [6.45, 7) is 8.34. The lowest BCUT2D eigenvalue weighted by Crippen LogP contribution is -2.45. The number of benzene rings is 1. The molecule has 0 saturated heterocycles. The molecule has 1 N–H and O–H groups in total. The largest absolute Gasteiger partial charge is 0.348 e. The third-order valence-corrected chi connectivity index (χ3v) is 7.43. The Bertz CT molecular complexity index is 746. The number of nitrogens with zero attached hydrogens (tertiary/aromatic N) is 1. The van der Waals surface area contributed by atoms with Gasteiger partial charge in [-0.1, -0.05) is 32.0 Å². The van der Waals surface area contributed by atoms with Crippen molar-refractivity contribution in [3.05, 3.63) is 34.9 Å². The molecule has 0 saturated carbocycles. The van der Waals surface area contributed by atoms with Crippen molar-refractivity contribution in [2.75, 3.05) is 24.6 Å². The van der Waals surface area contributed by atoms with Gasteiger partial charge in [0, 0.05) is 11.8 Å². The molecule has 0 fully saturated rings. The quantitative estimate of drug-likeness (QED) is 0.699. The van der Waals surface area contributed by atoms with Gasteiger partial charge < -0.3 is 5.32 Å². The molecular formula is C21H34N2O3S. The monoisotopic (exact) mass is 394 g/mol. The number of hydrogen-bond acceptors (Lipinski definition) is 4. The van der Waals surface area contributed by atoms with Crippen molar-refractivity contribution >= 4 is 15.7 Å². The van der Waals surface area contributed by atoms with Crippen molar-refractivity contribution in [2.24, 2.45) is 0 Å². The van der Waals surface area contributed by atoms with Gasteiger partial charge in [-0.25, -0.2) is 8.42 Å². The van der Waals surface area contributed by atoms with Crippen LogP contribution in [0.5, 0.6) is 0 Å². The molecule has 0 radical (unpaired) electrons. The number of rotatable bonds is 9. The van der Waals surface area contributed by atoms with E-state index in [1.807, 2.05) is 25.7 Å². The van der Waals surface area contributed by atoms with Gasteiger partial charge in [-0.15, -0.1) is 0 Å². The van der Waals surface area contributed by atoms with E-state index in [1.165, 1.54) is 24.0 Å². The highest BCUT2D eigenvalue weighted by molar-refractivity contribution is 7.91. The summed E-state index contributed by atoms with van der Waals surface area (Å²) in [5.74, 6) is 0.157. The molecule has 0 aliphatic heterocycles. The highest BCUT2D eigenvalue weighted by atomic mass is 32.2. The lowest BCUT2D eigenvalue weighted by atomic mass is 9.89. The molecule has 2 rings (SSSR count). The van der Waals surface area contributed by atoms with E-state index in [-0.39, 0.29) is 36.0 Å². The third kappa shape index (κ3) is 6.32. The van der Waals surface area contributed by atoms with Crippen LogP contribution >= 0.6 is 0 Å². The number of nitrogens with one attached hydrogen (secondary N) is 1. The van der Waals surface area contributed by atoms with Gasteiger partial charge in [-0.05, 0) is 62.8 Å². The minimum absolute atomic E-state index is 0.0573. The third-order valence-electron chi connectivity index (χ3n) is 5.56. The number of hydrogen-bond donors (Lipinski definition) is 1. The van der Waals surface area contributed by atoms with Crippen molar-refractivity contribution in [1.29, 1.82) is 0 Å². The molecule has 27 heavy (non-hydrogen) atoms. The van der Waals surface area contributed by atoms with Crippen LogP contribution in [0.15, 0.2) is 18.2 Å². The molecule has 0 bridgehead atoms. The second kappa shape index (κ2) is 9.69. The SMILES string of the molecule is CCN(CC(=O)NC(C)c1ccc2c(c1)CCCC2)C(C)CS(=O)(=O)CC. The highest BCUT2D eigenvalue weighted by Gasteiger charge is 2.22. The molecule has 1 aliphatic rings. The average Bonchev–Trinajstić information content (AvgIpc) is 2.65. The van der Waals surface area contributed by atoms with Crippen LogP contribution in [0.25, 0.3) is 0 Å². The van der Waals surface area contributed by atoms with Gasteiger partial charge in [0.2, 0.25) is 5.91 Å². The summed E-state index contributed by atoms with van der Waals surface area (Å²) in [4.78, 5) is 14.4. The van der Waals surface area contributed by atoms with Crippen LogP contribution in [0.2, 0.25) is 0 Å². The molecule has 2 unspecified atom stereocenters. The Hall–Kier alpha value is -1.40. The zero-order valence-corrected chi connectivity index (χ0v) is 17.9. The predicted molar refractivity (Wildman–Crippen MR) is 111 cm³/mol. The number of amides is 1. The number of carbonyl (C=O) groups is 1. The summed E-state index contributed by atoms with van der Waals surface area (Å²) in [5, 5.41) is 3.07. The van der Waals surface area contributed by atoms with Crippen molar-refractivity contribution in [1.82, 2.24) is 10.2 Å². The molecule has 1 aromatic rings. The van der Waals surface area contributed by atoms with Gasteiger partial charge in [0.1, 0.15) is 0 Å². The molecule has 2 atom stereocenters. The molecule has 0 aromatic heterocycles. The van der Waals surface area contributed by atoms with Crippen LogP contribution in [0.3, 0.4) is 0 Å². The molecule has 5 nitrogen and oxygen atoms in total. The Balaban J connectivity index is 1.95. The molecule has 152 valence electrons. The average molecular weight is 395 g/mol. The van der Waals surface area contributed by atoms with Crippen LogP contribution in [-0.2, 0) is 27.5 Å². The number of likely N-dealkylation sites (N-methyl/N-ethyl adjacent to an activating group) is 1. The summed E-state index contributed by atoms with van der Waals surface area (Å²) in [6, 6.07) is 6.31. The van der Waals surface area contributed by atoms with Crippen LogP contribution in [0.1, 0.15) is 63.3 Å². The Morgan fingerprint density at radius 3 is 2.44 bits per heavy atom. The van der Waals surface area contributed by atoms with E-state index >= 15 is 0 Å². The van der Waals surface area contributed by atoms with Crippen LogP contribution in [0.4, 0.5) is 0 Å². The second-order valence-electron chi connectivity index (χ2n) is 7.64.